The monoisotopic (exact) mass is 240 g/mol. The fraction of sp³-hybridized carbons (Fsp3) is 0.455. The molecule has 0 saturated heterocycles. The number of sulfonamides is 1. The van der Waals surface area contributed by atoms with E-state index in [1.54, 1.807) is 6.07 Å². The minimum Gasteiger partial charge on any atom is -0.398 e. The van der Waals surface area contributed by atoms with E-state index in [0.29, 0.717) is 17.2 Å². The second-order valence-corrected chi connectivity index (χ2v) is 6.12. The highest BCUT2D eigenvalue weighted by Gasteiger charge is 2.24. The summed E-state index contributed by atoms with van der Waals surface area (Å²) in [5, 5.41) is 0. The van der Waals surface area contributed by atoms with Gasteiger partial charge in [-0.05, 0) is 43.0 Å². The highest BCUT2D eigenvalue weighted by atomic mass is 32.2. The average Bonchev–Trinajstić information content (AvgIpc) is 3.05. The van der Waals surface area contributed by atoms with Crippen LogP contribution in [0.15, 0.2) is 18.2 Å². The van der Waals surface area contributed by atoms with Gasteiger partial charge in [-0.2, -0.15) is 0 Å². The van der Waals surface area contributed by atoms with Crippen molar-refractivity contribution in [2.24, 2.45) is 0 Å². The van der Waals surface area contributed by atoms with E-state index in [9.17, 15) is 8.42 Å². The van der Waals surface area contributed by atoms with Crippen LogP contribution in [0.4, 0.5) is 5.69 Å². The van der Waals surface area contributed by atoms with E-state index in [1.807, 2.05) is 12.1 Å². The summed E-state index contributed by atoms with van der Waals surface area (Å²) in [5.41, 5.74) is 8.22. The van der Waals surface area contributed by atoms with Gasteiger partial charge in [0.25, 0.3) is 0 Å². The lowest BCUT2D eigenvalue weighted by molar-refractivity contribution is 0.587. The van der Waals surface area contributed by atoms with Crippen LogP contribution in [-0.2, 0) is 15.8 Å². The Balaban J connectivity index is 2.28. The Morgan fingerprint density at radius 3 is 2.69 bits per heavy atom. The molecule has 0 unspecified atom stereocenters. The molecule has 3 N–H and O–H groups in total. The van der Waals surface area contributed by atoms with Gasteiger partial charge in [-0.25, -0.2) is 13.1 Å². The molecule has 0 amide bonds. The average molecular weight is 240 g/mol. The summed E-state index contributed by atoms with van der Waals surface area (Å²) in [5.74, 6) is 0.562. The van der Waals surface area contributed by atoms with Crippen LogP contribution in [0, 0.1) is 0 Å². The van der Waals surface area contributed by atoms with Crippen LogP contribution in [0.5, 0.6) is 0 Å². The molecule has 1 aromatic carbocycles. The van der Waals surface area contributed by atoms with Gasteiger partial charge in [0.15, 0.2) is 0 Å². The van der Waals surface area contributed by atoms with E-state index in [1.165, 1.54) is 25.5 Å². The van der Waals surface area contributed by atoms with E-state index in [-0.39, 0.29) is 5.75 Å². The molecule has 0 radical (unpaired) electrons. The van der Waals surface area contributed by atoms with Crippen molar-refractivity contribution in [3.05, 3.63) is 29.3 Å². The molecule has 1 fully saturated rings. The van der Waals surface area contributed by atoms with Crippen LogP contribution in [0.1, 0.15) is 29.9 Å². The lowest BCUT2D eigenvalue weighted by Gasteiger charge is -2.08. The molecule has 0 aromatic heterocycles. The summed E-state index contributed by atoms with van der Waals surface area (Å²) in [6.45, 7) is 0. The van der Waals surface area contributed by atoms with Crippen molar-refractivity contribution in [2.75, 3.05) is 12.8 Å². The summed E-state index contributed by atoms with van der Waals surface area (Å²) < 4.78 is 25.2. The Bertz CT molecular complexity index is 493. The highest BCUT2D eigenvalue weighted by Crippen LogP contribution is 2.40. The van der Waals surface area contributed by atoms with Crippen LogP contribution in [0.3, 0.4) is 0 Å². The Morgan fingerprint density at radius 1 is 1.44 bits per heavy atom. The molecule has 5 heteroatoms. The number of benzene rings is 1. The minimum absolute atomic E-state index is 0.0457. The summed E-state index contributed by atoms with van der Waals surface area (Å²) in [7, 11) is -1.83. The first-order valence-electron chi connectivity index (χ1n) is 5.31. The van der Waals surface area contributed by atoms with Crippen molar-refractivity contribution in [2.45, 2.75) is 24.5 Å². The Morgan fingerprint density at radius 2 is 2.12 bits per heavy atom. The second-order valence-electron chi connectivity index (χ2n) is 4.20. The minimum atomic E-state index is -3.25. The van der Waals surface area contributed by atoms with Gasteiger partial charge in [-0.3, -0.25) is 0 Å². The zero-order valence-electron chi connectivity index (χ0n) is 9.23. The third-order valence-electron chi connectivity index (χ3n) is 2.87. The van der Waals surface area contributed by atoms with Gasteiger partial charge in [-0.15, -0.1) is 0 Å². The van der Waals surface area contributed by atoms with E-state index in [0.717, 1.165) is 0 Å². The van der Waals surface area contributed by atoms with Crippen molar-refractivity contribution in [1.29, 1.82) is 0 Å². The van der Waals surface area contributed by atoms with Crippen LogP contribution in [0.25, 0.3) is 0 Å². The third kappa shape index (κ3) is 2.54. The van der Waals surface area contributed by atoms with E-state index >= 15 is 0 Å². The van der Waals surface area contributed by atoms with Gasteiger partial charge >= 0.3 is 0 Å². The second kappa shape index (κ2) is 4.07. The smallest absolute Gasteiger partial charge is 0.215 e. The predicted octanol–water partition coefficient (Wildman–Crippen LogP) is 1.20. The first-order chi connectivity index (χ1) is 7.52. The van der Waals surface area contributed by atoms with Crippen LogP contribution in [-0.4, -0.2) is 15.5 Å². The highest BCUT2D eigenvalue weighted by molar-refractivity contribution is 7.88. The van der Waals surface area contributed by atoms with Crippen LogP contribution >= 0.6 is 0 Å². The zero-order valence-corrected chi connectivity index (χ0v) is 10.0. The van der Waals surface area contributed by atoms with Gasteiger partial charge in [0.1, 0.15) is 0 Å². The number of rotatable bonds is 4. The first kappa shape index (κ1) is 11.4. The largest absolute Gasteiger partial charge is 0.398 e. The lowest BCUT2D eigenvalue weighted by atomic mass is 10.1. The molecule has 1 aliphatic rings. The molecule has 4 nitrogen and oxygen atoms in total. The number of nitrogens with two attached hydrogens (primary N) is 1. The van der Waals surface area contributed by atoms with Gasteiger partial charge in [0.05, 0.1) is 5.75 Å². The maximum Gasteiger partial charge on any atom is 0.215 e. The molecule has 0 heterocycles. The quantitative estimate of drug-likeness (QED) is 0.777. The van der Waals surface area contributed by atoms with Gasteiger partial charge in [-0.1, -0.05) is 12.1 Å². The van der Waals surface area contributed by atoms with Crippen molar-refractivity contribution < 1.29 is 8.42 Å². The van der Waals surface area contributed by atoms with Gasteiger partial charge in [0, 0.05) is 5.69 Å². The van der Waals surface area contributed by atoms with Gasteiger partial charge in [0.2, 0.25) is 10.0 Å². The number of hydrogen-bond donors (Lipinski definition) is 2. The normalized spacial score (nSPS) is 16.3. The van der Waals surface area contributed by atoms with Crippen LogP contribution < -0.4 is 10.5 Å². The summed E-state index contributed by atoms with van der Waals surface area (Å²) >= 11 is 0. The third-order valence-corrected chi connectivity index (χ3v) is 4.19. The maximum absolute atomic E-state index is 11.5. The van der Waals surface area contributed by atoms with Crippen molar-refractivity contribution in [3.63, 3.8) is 0 Å². The molecule has 1 aliphatic carbocycles. The number of nitrogen functional groups attached to an aromatic ring is 1. The molecule has 16 heavy (non-hydrogen) atoms. The van der Waals surface area contributed by atoms with E-state index in [4.69, 9.17) is 5.73 Å². The van der Waals surface area contributed by atoms with Crippen molar-refractivity contribution in [1.82, 2.24) is 4.72 Å². The van der Waals surface area contributed by atoms with E-state index < -0.39 is 10.0 Å². The van der Waals surface area contributed by atoms with Crippen molar-refractivity contribution >= 4 is 15.7 Å². The molecule has 88 valence electrons. The topological polar surface area (TPSA) is 72.2 Å². The molecule has 1 saturated carbocycles. The van der Waals surface area contributed by atoms with Crippen LogP contribution in [0.2, 0.25) is 0 Å². The summed E-state index contributed by atoms with van der Waals surface area (Å²) in [6.07, 6.45) is 2.39. The predicted molar refractivity (Wildman–Crippen MR) is 64.5 cm³/mol. The van der Waals surface area contributed by atoms with Gasteiger partial charge < -0.3 is 5.73 Å². The molecular formula is C11H16N2O2S. The van der Waals surface area contributed by atoms with E-state index in [2.05, 4.69) is 4.72 Å². The molecule has 0 spiro atoms. The maximum atomic E-state index is 11.5. The summed E-state index contributed by atoms with van der Waals surface area (Å²) in [4.78, 5) is 0. The zero-order chi connectivity index (χ0) is 11.8. The molecule has 0 atom stereocenters. The Hall–Kier alpha value is -1.07. The number of hydrogen-bond acceptors (Lipinski definition) is 3. The molecule has 2 rings (SSSR count). The lowest BCUT2D eigenvalue weighted by Crippen LogP contribution is -2.21. The summed E-state index contributed by atoms with van der Waals surface area (Å²) in [6, 6.07) is 5.71. The molecule has 1 aromatic rings. The first-order valence-corrected chi connectivity index (χ1v) is 6.96. The SMILES string of the molecule is CNS(=O)(=O)Cc1cc(C2CC2)ccc1N. The molecule has 0 bridgehead atoms. The standard InChI is InChI=1S/C11H16N2O2S/c1-13-16(14,15)7-10-6-9(8-2-3-8)4-5-11(10)12/h4-6,8,13H,2-3,7,12H2,1H3. The Kier molecular flexibility index (Phi) is 2.90. The number of nitrogens with one attached hydrogen (secondary N) is 1. The fourth-order valence-electron chi connectivity index (χ4n) is 1.70. The molecular weight excluding hydrogens is 224 g/mol. The fourth-order valence-corrected chi connectivity index (χ4v) is 2.50. The van der Waals surface area contributed by atoms with Crippen molar-refractivity contribution in [3.8, 4) is 0 Å². The Labute approximate surface area is 95.9 Å². The molecule has 0 aliphatic heterocycles. The number of anilines is 1.